The van der Waals surface area contributed by atoms with E-state index in [1.165, 1.54) is 10.5 Å². The van der Waals surface area contributed by atoms with E-state index in [0.29, 0.717) is 0 Å². The Morgan fingerprint density at radius 3 is 2.81 bits per heavy atom. The number of thioether (sulfide) groups is 1. The van der Waals surface area contributed by atoms with Crippen molar-refractivity contribution in [2.24, 2.45) is 5.84 Å². The van der Waals surface area contributed by atoms with Crippen molar-refractivity contribution in [2.75, 3.05) is 5.75 Å². The van der Waals surface area contributed by atoms with Crippen LogP contribution < -0.4 is 16.0 Å². The summed E-state index contributed by atoms with van der Waals surface area (Å²) in [5.41, 5.74) is 4.15. The fourth-order valence-electron chi connectivity index (χ4n) is 2.43. The number of rotatable bonds is 4. The Morgan fingerprint density at radius 2 is 2.00 bits per heavy atom. The van der Waals surface area contributed by atoms with E-state index >= 15 is 0 Å². The lowest BCUT2D eigenvalue weighted by Crippen LogP contribution is -2.50. The molecular formula is C16H17BrN2OS. The molecule has 0 radical (unpaired) electrons. The third-order valence-electron chi connectivity index (χ3n) is 3.59. The molecule has 110 valence electrons. The first kappa shape index (κ1) is 14.9. The lowest BCUT2D eigenvalue weighted by Gasteiger charge is -2.31. The molecule has 21 heavy (non-hydrogen) atoms. The maximum absolute atomic E-state index is 6.12. The molecule has 1 aliphatic rings. The van der Waals surface area contributed by atoms with Gasteiger partial charge in [0.2, 0.25) is 0 Å². The summed E-state index contributed by atoms with van der Waals surface area (Å²) in [5, 5.41) is 0. The molecule has 0 fully saturated rings. The minimum Gasteiger partial charge on any atom is -0.487 e. The van der Waals surface area contributed by atoms with Gasteiger partial charge in [-0.1, -0.05) is 46.3 Å². The molecule has 5 heteroatoms. The Kier molecular flexibility index (Phi) is 4.85. The van der Waals surface area contributed by atoms with Crippen molar-refractivity contribution in [3.8, 4) is 5.75 Å². The normalized spacial score (nSPS) is 18.7. The van der Waals surface area contributed by atoms with Crippen molar-refractivity contribution in [1.82, 2.24) is 5.43 Å². The van der Waals surface area contributed by atoms with Gasteiger partial charge in [0, 0.05) is 15.1 Å². The first-order valence-electron chi connectivity index (χ1n) is 6.86. The highest BCUT2D eigenvalue weighted by Gasteiger charge is 2.28. The summed E-state index contributed by atoms with van der Waals surface area (Å²) in [6.07, 6.45) is 0.882. The van der Waals surface area contributed by atoms with Crippen LogP contribution in [0.15, 0.2) is 57.9 Å². The standard InChI is InChI=1S/C16H17BrN2OS/c17-12-6-2-1-5-11(12)9-13(19-18)15-10-21-16-8-4-3-7-14(16)20-15/h1-8,13,15,19H,9-10,18H2. The van der Waals surface area contributed by atoms with Crippen molar-refractivity contribution >= 4 is 27.7 Å². The molecule has 2 aromatic carbocycles. The van der Waals surface area contributed by atoms with Crippen LogP contribution in [0.5, 0.6) is 5.75 Å². The summed E-state index contributed by atoms with van der Waals surface area (Å²) < 4.78 is 7.22. The SMILES string of the molecule is NNC(Cc1ccccc1Br)C1CSc2ccccc2O1. The number of halogens is 1. The number of ether oxygens (including phenoxy) is 1. The van der Waals surface area contributed by atoms with Gasteiger partial charge < -0.3 is 4.74 Å². The van der Waals surface area contributed by atoms with Gasteiger partial charge in [0.15, 0.2) is 0 Å². The minimum absolute atomic E-state index is 0.0574. The van der Waals surface area contributed by atoms with E-state index in [-0.39, 0.29) is 12.1 Å². The fraction of sp³-hybridized carbons (Fsp3) is 0.250. The quantitative estimate of drug-likeness (QED) is 0.644. The van der Waals surface area contributed by atoms with Gasteiger partial charge in [0.05, 0.1) is 6.04 Å². The maximum atomic E-state index is 6.12. The summed E-state index contributed by atoms with van der Waals surface area (Å²) in [4.78, 5) is 1.20. The van der Waals surface area contributed by atoms with E-state index in [1.54, 1.807) is 0 Å². The summed E-state index contributed by atoms with van der Waals surface area (Å²) >= 11 is 5.41. The number of hydrazine groups is 1. The summed E-state index contributed by atoms with van der Waals surface area (Å²) in [6, 6.07) is 16.4. The molecule has 0 aromatic heterocycles. The molecule has 0 aliphatic carbocycles. The topological polar surface area (TPSA) is 47.3 Å². The molecular weight excluding hydrogens is 348 g/mol. The van der Waals surface area contributed by atoms with Gasteiger partial charge in [-0.2, -0.15) is 0 Å². The first-order valence-corrected chi connectivity index (χ1v) is 8.64. The average molecular weight is 365 g/mol. The van der Waals surface area contributed by atoms with Crippen LogP contribution in [-0.4, -0.2) is 17.9 Å². The third-order valence-corrected chi connectivity index (χ3v) is 5.51. The predicted molar refractivity (Wildman–Crippen MR) is 90.5 cm³/mol. The number of benzene rings is 2. The van der Waals surface area contributed by atoms with Crippen molar-refractivity contribution in [1.29, 1.82) is 0 Å². The Hall–Kier alpha value is -1.01. The molecule has 3 nitrogen and oxygen atoms in total. The molecule has 3 N–H and O–H groups in total. The molecule has 0 spiro atoms. The molecule has 2 atom stereocenters. The molecule has 0 amide bonds. The van der Waals surface area contributed by atoms with Crippen LogP contribution >= 0.6 is 27.7 Å². The Bertz CT molecular complexity index is 623. The fourth-order valence-corrected chi connectivity index (χ4v) is 3.96. The number of fused-ring (bicyclic) bond motifs is 1. The Labute approximate surface area is 137 Å². The maximum Gasteiger partial charge on any atom is 0.133 e. The van der Waals surface area contributed by atoms with Gasteiger partial charge in [-0.15, -0.1) is 11.8 Å². The van der Waals surface area contributed by atoms with Crippen LogP contribution in [0.3, 0.4) is 0 Å². The second-order valence-electron chi connectivity index (χ2n) is 4.98. The zero-order valence-corrected chi connectivity index (χ0v) is 13.9. The molecule has 0 saturated heterocycles. The second kappa shape index (κ2) is 6.83. The van der Waals surface area contributed by atoms with Crippen LogP contribution in [0, 0.1) is 0 Å². The molecule has 2 unspecified atom stereocenters. The highest BCUT2D eigenvalue weighted by Crippen LogP contribution is 2.36. The van der Waals surface area contributed by atoms with E-state index in [9.17, 15) is 0 Å². The molecule has 1 aliphatic heterocycles. The summed E-state index contributed by atoms with van der Waals surface area (Å²) in [5.74, 6) is 7.62. The Balaban J connectivity index is 1.74. The van der Waals surface area contributed by atoms with Crippen molar-refractivity contribution in [3.63, 3.8) is 0 Å². The zero-order chi connectivity index (χ0) is 14.7. The monoisotopic (exact) mass is 364 g/mol. The van der Waals surface area contributed by atoms with E-state index in [1.807, 2.05) is 42.1 Å². The molecule has 0 bridgehead atoms. The Morgan fingerprint density at radius 1 is 1.24 bits per heavy atom. The highest BCUT2D eigenvalue weighted by molar-refractivity contribution is 9.10. The first-order chi connectivity index (χ1) is 10.3. The second-order valence-corrected chi connectivity index (χ2v) is 6.90. The van der Waals surface area contributed by atoms with Gasteiger partial charge in [0.1, 0.15) is 11.9 Å². The van der Waals surface area contributed by atoms with E-state index in [2.05, 4.69) is 39.6 Å². The summed E-state index contributed by atoms with van der Waals surface area (Å²) in [7, 11) is 0. The number of para-hydroxylation sites is 1. The van der Waals surface area contributed by atoms with Crippen LogP contribution in [-0.2, 0) is 6.42 Å². The van der Waals surface area contributed by atoms with Crippen LogP contribution in [0.4, 0.5) is 0 Å². The third kappa shape index (κ3) is 3.43. The van der Waals surface area contributed by atoms with Gasteiger partial charge in [0.25, 0.3) is 0 Å². The van der Waals surface area contributed by atoms with Crippen molar-refractivity contribution in [3.05, 3.63) is 58.6 Å². The summed E-state index contributed by atoms with van der Waals surface area (Å²) in [6.45, 7) is 0. The molecule has 3 rings (SSSR count). The smallest absolute Gasteiger partial charge is 0.133 e. The van der Waals surface area contributed by atoms with Crippen LogP contribution in [0.2, 0.25) is 0 Å². The number of nitrogens with two attached hydrogens (primary N) is 1. The largest absolute Gasteiger partial charge is 0.487 e. The van der Waals surface area contributed by atoms with Gasteiger partial charge in [-0.3, -0.25) is 11.3 Å². The lowest BCUT2D eigenvalue weighted by molar-refractivity contribution is 0.165. The van der Waals surface area contributed by atoms with Gasteiger partial charge >= 0.3 is 0 Å². The van der Waals surface area contributed by atoms with E-state index in [0.717, 1.165) is 22.4 Å². The average Bonchev–Trinajstić information content (AvgIpc) is 2.54. The highest BCUT2D eigenvalue weighted by atomic mass is 79.9. The number of hydrogen-bond donors (Lipinski definition) is 2. The van der Waals surface area contributed by atoms with E-state index in [4.69, 9.17) is 10.6 Å². The van der Waals surface area contributed by atoms with Crippen LogP contribution in [0.25, 0.3) is 0 Å². The van der Waals surface area contributed by atoms with Gasteiger partial charge in [-0.05, 0) is 30.2 Å². The minimum atomic E-state index is 0.0574. The predicted octanol–water partition coefficient (Wildman–Crippen LogP) is 3.38. The van der Waals surface area contributed by atoms with E-state index < -0.39 is 0 Å². The molecule has 2 aromatic rings. The molecule has 1 heterocycles. The van der Waals surface area contributed by atoms with Crippen molar-refractivity contribution < 1.29 is 4.74 Å². The van der Waals surface area contributed by atoms with Crippen molar-refractivity contribution in [2.45, 2.75) is 23.5 Å². The van der Waals surface area contributed by atoms with Gasteiger partial charge in [-0.25, -0.2) is 0 Å². The molecule has 0 saturated carbocycles. The lowest BCUT2D eigenvalue weighted by atomic mass is 10.0. The number of hydrogen-bond acceptors (Lipinski definition) is 4. The number of nitrogens with one attached hydrogen (secondary N) is 1. The van der Waals surface area contributed by atoms with Crippen LogP contribution in [0.1, 0.15) is 5.56 Å². The zero-order valence-electron chi connectivity index (χ0n) is 11.5.